The number of aromatic nitrogens is 2. The van der Waals surface area contributed by atoms with E-state index in [0.29, 0.717) is 12.5 Å². The number of nitrogens with zero attached hydrogens (tertiary/aromatic N) is 2. The molecule has 0 N–H and O–H groups in total. The first kappa shape index (κ1) is 20.7. The predicted octanol–water partition coefficient (Wildman–Crippen LogP) is 5.55. The molecule has 156 valence electrons. The van der Waals surface area contributed by atoms with Gasteiger partial charge in [-0.05, 0) is 38.2 Å². The van der Waals surface area contributed by atoms with Gasteiger partial charge in [0.15, 0.2) is 5.16 Å². The van der Waals surface area contributed by atoms with E-state index in [1.54, 1.807) is 11.8 Å². The van der Waals surface area contributed by atoms with Crippen LogP contribution in [0.4, 0.5) is 0 Å². The van der Waals surface area contributed by atoms with Crippen LogP contribution in [0.25, 0.3) is 11.3 Å². The normalized spacial score (nSPS) is 17.2. The molecule has 2 aliphatic carbocycles. The minimum absolute atomic E-state index is 0.0379. The topological polar surface area (TPSA) is 44.1 Å². The number of benzene rings is 1. The minimum Gasteiger partial charge on any atom is -0.370 e. The Bertz CT molecular complexity index is 916. The van der Waals surface area contributed by atoms with Crippen LogP contribution < -0.4 is 5.56 Å². The van der Waals surface area contributed by atoms with Crippen molar-refractivity contribution < 1.29 is 4.74 Å². The quantitative estimate of drug-likeness (QED) is 0.259. The van der Waals surface area contributed by atoms with Crippen molar-refractivity contribution in [2.75, 3.05) is 12.5 Å². The van der Waals surface area contributed by atoms with Crippen LogP contribution in [-0.2, 0) is 23.1 Å². The molecule has 1 aromatic heterocycles. The lowest BCUT2D eigenvalue weighted by Crippen LogP contribution is -2.43. The van der Waals surface area contributed by atoms with Crippen LogP contribution in [-0.4, -0.2) is 22.1 Å². The molecule has 0 amide bonds. The Morgan fingerprint density at radius 3 is 2.72 bits per heavy atom. The second kappa shape index (κ2) is 9.05. The number of ether oxygens (including phenoxy) is 1. The van der Waals surface area contributed by atoms with Crippen LogP contribution in [0.5, 0.6) is 0 Å². The predicted molar refractivity (Wildman–Crippen MR) is 120 cm³/mol. The van der Waals surface area contributed by atoms with Crippen molar-refractivity contribution in [2.24, 2.45) is 0 Å². The van der Waals surface area contributed by atoms with Gasteiger partial charge in [-0.25, -0.2) is 4.98 Å². The first-order valence-electron chi connectivity index (χ1n) is 11.1. The van der Waals surface area contributed by atoms with Gasteiger partial charge >= 0.3 is 0 Å². The zero-order chi connectivity index (χ0) is 20.3. The van der Waals surface area contributed by atoms with E-state index in [4.69, 9.17) is 9.72 Å². The van der Waals surface area contributed by atoms with Crippen molar-refractivity contribution in [1.29, 1.82) is 0 Å². The molecule has 1 saturated carbocycles. The van der Waals surface area contributed by atoms with Crippen molar-refractivity contribution in [3.05, 3.63) is 45.7 Å². The molecule has 0 radical (unpaired) electrons. The molecule has 4 nitrogen and oxygen atoms in total. The lowest BCUT2D eigenvalue weighted by atomic mass is 9.62. The van der Waals surface area contributed by atoms with Gasteiger partial charge in [0, 0.05) is 24.1 Å². The Kier molecular flexibility index (Phi) is 6.45. The highest BCUT2D eigenvalue weighted by molar-refractivity contribution is 7.99. The number of unbranched alkanes of at least 4 members (excludes halogenated alkanes) is 1. The summed E-state index contributed by atoms with van der Waals surface area (Å²) in [6.45, 7) is 5.61. The number of thioether (sulfide) groups is 1. The second-order valence-electron chi connectivity index (χ2n) is 8.37. The van der Waals surface area contributed by atoms with Crippen LogP contribution in [0.15, 0.2) is 34.2 Å². The lowest BCUT2D eigenvalue weighted by Gasteiger charge is -2.42. The smallest absolute Gasteiger partial charge is 0.258 e. The van der Waals surface area contributed by atoms with Gasteiger partial charge in [0.05, 0.1) is 17.2 Å². The first-order chi connectivity index (χ1) is 14.2. The van der Waals surface area contributed by atoms with Crippen LogP contribution in [0.1, 0.15) is 69.9 Å². The molecule has 29 heavy (non-hydrogen) atoms. The van der Waals surface area contributed by atoms with Crippen molar-refractivity contribution >= 4 is 11.8 Å². The number of hydrogen-bond donors (Lipinski definition) is 0. The zero-order valence-electron chi connectivity index (χ0n) is 17.7. The third kappa shape index (κ3) is 3.91. The molecule has 0 unspecified atom stereocenters. The third-order valence-corrected chi connectivity index (χ3v) is 7.36. The SMILES string of the molecule is CCCCOCSc1nc2c(c(=O)n1CC)C1(CCCCC1)Cc1ccccc1-2. The average Bonchev–Trinajstić information content (AvgIpc) is 2.74. The maximum Gasteiger partial charge on any atom is 0.258 e. The summed E-state index contributed by atoms with van der Waals surface area (Å²) in [6, 6.07) is 8.54. The van der Waals surface area contributed by atoms with Crippen molar-refractivity contribution in [2.45, 2.75) is 82.3 Å². The highest BCUT2D eigenvalue weighted by atomic mass is 32.2. The van der Waals surface area contributed by atoms with E-state index in [2.05, 4.69) is 31.2 Å². The molecule has 1 aromatic carbocycles. The van der Waals surface area contributed by atoms with Gasteiger partial charge in [0.2, 0.25) is 0 Å². The average molecular weight is 413 g/mol. The van der Waals surface area contributed by atoms with Gasteiger partial charge < -0.3 is 4.74 Å². The van der Waals surface area contributed by atoms with E-state index >= 15 is 0 Å². The highest BCUT2D eigenvalue weighted by Crippen LogP contribution is 2.48. The number of fused-ring (bicyclic) bond motifs is 4. The molecule has 1 spiro atoms. The van der Waals surface area contributed by atoms with E-state index in [1.807, 2.05) is 11.5 Å². The lowest BCUT2D eigenvalue weighted by molar-refractivity contribution is 0.178. The standard InChI is InChI=1S/C24H32N2O2S/c1-3-5-15-28-17-29-23-25-21-19-12-8-7-11-18(19)16-24(13-9-6-10-14-24)20(21)22(27)26(23)4-2/h7-8,11-12H,3-6,9-10,13-17H2,1-2H3. The fourth-order valence-corrected chi connectivity index (χ4v) is 5.84. The van der Waals surface area contributed by atoms with E-state index < -0.39 is 0 Å². The van der Waals surface area contributed by atoms with E-state index in [-0.39, 0.29) is 11.0 Å². The summed E-state index contributed by atoms with van der Waals surface area (Å²) in [5, 5.41) is 0.787. The Morgan fingerprint density at radius 2 is 1.97 bits per heavy atom. The second-order valence-corrected chi connectivity index (χ2v) is 9.26. The third-order valence-electron chi connectivity index (χ3n) is 6.51. The monoisotopic (exact) mass is 412 g/mol. The molecule has 0 bridgehead atoms. The van der Waals surface area contributed by atoms with E-state index in [0.717, 1.165) is 60.7 Å². The summed E-state index contributed by atoms with van der Waals surface area (Å²) in [4.78, 5) is 18.9. The zero-order valence-corrected chi connectivity index (χ0v) is 18.5. The molecule has 2 aliphatic rings. The van der Waals surface area contributed by atoms with Crippen molar-refractivity contribution in [1.82, 2.24) is 9.55 Å². The van der Waals surface area contributed by atoms with Crippen LogP contribution in [0.3, 0.4) is 0 Å². The van der Waals surface area contributed by atoms with Crippen LogP contribution in [0, 0.1) is 0 Å². The van der Waals surface area contributed by atoms with Crippen molar-refractivity contribution in [3.63, 3.8) is 0 Å². The summed E-state index contributed by atoms with van der Waals surface area (Å²) in [5.41, 5.74) is 4.54. The van der Waals surface area contributed by atoms with Gasteiger partial charge in [0.1, 0.15) is 0 Å². The molecule has 4 rings (SSSR count). The Morgan fingerprint density at radius 1 is 1.17 bits per heavy atom. The molecule has 0 atom stereocenters. The molecular formula is C24H32N2O2S. The molecular weight excluding hydrogens is 380 g/mol. The Hall–Kier alpha value is -1.59. The maximum atomic E-state index is 13.8. The summed E-state index contributed by atoms with van der Waals surface area (Å²) < 4.78 is 7.62. The number of rotatable bonds is 7. The Balaban J connectivity index is 1.79. The molecule has 5 heteroatoms. The molecule has 0 aliphatic heterocycles. The van der Waals surface area contributed by atoms with E-state index in [1.165, 1.54) is 24.8 Å². The minimum atomic E-state index is -0.0379. The summed E-state index contributed by atoms with van der Waals surface area (Å²) >= 11 is 1.55. The molecule has 1 fully saturated rings. The maximum absolute atomic E-state index is 13.8. The molecule has 2 aromatic rings. The van der Waals surface area contributed by atoms with Crippen molar-refractivity contribution in [3.8, 4) is 11.3 Å². The van der Waals surface area contributed by atoms with E-state index in [9.17, 15) is 4.79 Å². The van der Waals surface area contributed by atoms with Gasteiger partial charge in [-0.3, -0.25) is 9.36 Å². The number of hydrogen-bond acceptors (Lipinski definition) is 4. The summed E-state index contributed by atoms with van der Waals surface area (Å²) in [6.07, 6.45) is 9.04. The first-order valence-corrected chi connectivity index (χ1v) is 12.1. The van der Waals surface area contributed by atoms with Crippen LogP contribution >= 0.6 is 11.8 Å². The van der Waals surface area contributed by atoms with Gasteiger partial charge in [-0.15, -0.1) is 0 Å². The highest BCUT2D eigenvalue weighted by Gasteiger charge is 2.43. The fourth-order valence-electron chi connectivity index (χ4n) is 5.01. The summed E-state index contributed by atoms with van der Waals surface area (Å²) in [7, 11) is 0. The summed E-state index contributed by atoms with van der Waals surface area (Å²) in [5.74, 6) is 0.540. The van der Waals surface area contributed by atoms with Crippen LogP contribution in [0.2, 0.25) is 0 Å². The fraction of sp³-hybridized carbons (Fsp3) is 0.583. The van der Waals surface area contributed by atoms with Gasteiger partial charge in [0.25, 0.3) is 5.56 Å². The van der Waals surface area contributed by atoms with Gasteiger partial charge in [-0.1, -0.05) is 68.6 Å². The Labute approximate surface area is 178 Å². The molecule has 1 heterocycles. The van der Waals surface area contributed by atoms with Gasteiger partial charge in [-0.2, -0.15) is 0 Å². The largest absolute Gasteiger partial charge is 0.370 e. The molecule has 0 saturated heterocycles.